The fourth-order valence-electron chi connectivity index (χ4n) is 3.73. The predicted octanol–water partition coefficient (Wildman–Crippen LogP) is 4.88. The smallest absolute Gasteiger partial charge is 0.272 e. The Morgan fingerprint density at radius 2 is 1.91 bits per heavy atom. The van der Waals surface area contributed by atoms with Crippen molar-refractivity contribution in [3.05, 3.63) is 65.3 Å². The first-order valence-corrected chi connectivity index (χ1v) is 12.8. The molecule has 0 aliphatic rings. The number of nitrogens with zero attached hydrogens (tertiary/aromatic N) is 2. The van der Waals surface area contributed by atoms with E-state index in [1.54, 1.807) is 17.5 Å². The van der Waals surface area contributed by atoms with Crippen molar-refractivity contribution >= 4 is 49.0 Å². The van der Waals surface area contributed by atoms with Gasteiger partial charge in [0.05, 0.1) is 11.5 Å². The lowest BCUT2D eigenvalue weighted by Crippen LogP contribution is -2.18. The van der Waals surface area contributed by atoms with Crippen LogP contribution in [0.4, 0.5) is 10.8 Å². The molecule has 4 rings (SSSR count). The number of benzene rings is 2. The molecule has 2 aromatic carbocycles. The number of fused-ring (bicyclic) bond motifs is 1. The summed E-state index contributed by atoms with van der Waals surface area (Å²) >= 11 is 1.19. The van der Waals surface area contributed by atoms with Crippen LogP contribution in [0.25, 0.3) is 10.9 Å². The molecule has 0 saturated heterocycles. The number of hydrogen-bond acceptors (Lipinski definition) is 6. The number of anilines is 2. The van der Waals surface area contributed by atoms with Crippen LogP contribution in [0.2, 0.25) is 0 Å². The molecule has 0 fully saturated rings. The third kappa shape index (κ3) is 4.57. The molecule has 2 heterocycles. The van der Waals surface area contributed by atoms with Gasteiger partial charge in [-0.3, -0.25) is 9.52 Å². The average Bonchev–Trinajstić information content (AvgIpc) is 3.39. The Kier molecular flexibility index (Phi) is 6.39. The number of carbonyl (C=O) groups excluding carboxylic acids is 1. The largest absolute Gasteiger partial charge is 0.494 e. The Morgan fingerprint density at radius 1 is 1.15 bits per heavy atom. The first-order valence-electron chi connectivity index (χ1n) is 10.4. The molecule has 172 valence electrons. The molecule has 33 heavy (non-hydrogen) atoms. The van der Waals surface area contributed by atoms with Crippen molar-refractivity contribution < 1.29 is 17.9 Å². The Balaban J connectivity index is 1.59. The highest BCUT2D eigenvalue weighted by molar-refractivity contribution is 7.93. The van der Waals surface area contributed by atoms with Crippen LogP contribution in [-0.2, 0) is 16.6 Å². The molecule has 2 N–H and O–H groups in total. The minimum atomic E-state index is -3.76. The van der Waals surface area contributed by atoms with E-state index in [1.165, 1.54) is 29.7 Å². The van der Waals surface area contributed by atoms with Gasteiger partial charge in [-0.1, -0.05) is 0 Å². The van der Waals surface area contributed by atoms with E-state index < -0.39 is 10.0 Å². The maximum atomic E-state index is 13.2. The quantitative estimate of drug-likeness (QED) is 0.371. The van der Waals surface area contributed by atoms with E-state index in [9.17, 15) is 13.2 Å². The number of sulfonamides is 1. The summed E-state index contributed by atoms with van der Waals surface area (Å²) < 4.78 is 35.0. The summed E-state index contributed by atoms with van der Waals surface area (Å²) in [4.78, 5) is 17.2. The molecule has 2 aromatic heterocycles. The van der Waals surface area contributed by atoms with E-state index >= 15 is 0 Å². The van der Waals surface area contributed by atoms with Crippen LogP contribution < -0.4 is 14.8 Å². The average molecular weight is 485 g/mol. The van der Waals surface area contributed by atoms with Gasteiger partial charge in [0.15, 0.2) is 5.13 Å². The number of ether oxygens (including phenoxy) is 1. The topological polar surface area (TPSA) is 102 Å². The SMILES string of the molecule is CCOc1ccc2c(c1)c(C)c(C(=O)Nc1ccc(S(=O)(=O)Nc3nccs3)cc1)n2CC. The van der Waals surface area contributed by atoms with Crippen LogP contribution in [0.1, 0.15) is 29.9 Å². The zero-order valence-corrected chi connectivity index (χ0v) is 20.1. The monoisotopic (exact) mass is 484 g/mol. The zero-order chi connectivity index (χ0) is 23.6. The first-order chi connectivity index (χ1) is 15.8. The summed E-state index contributed by atoms with van der Waals surface area (Å²) in [6.07, 6.45) is 1.52. The summed E-state index contributed by atoms with van der Waals surface area (Å²) in [5, 5.41) is 5.82. The number of hydrogen-bond donors (Lipinski definition) is 2. The maximum absolute atomic E-state index is 13.2. The molecule has 1 amide bonds. The molecule has 0 spiro atoms. The van der Waals surface area contributed by atoms with Crippen molar-refractivity contribution in [2.75, 3.05) is 16.6 Å². The van der Waals surface area contributed by atoms with Gasteiger partial charge in [0.1, 0.15) is 11.4 Å². The number of carbonyl (C=O) groups is 1. The van der Waals surface area contributed by atoms with Gasteiger partial charge >= 0.3 is 0 Å². The molecule has 0 atom stereocenters. The Bertz CT molecular complexity index is 1390. The highest BCUT2D eigenvalue weighted by Gasteiger charge is 2.21. The van der Waals surface area contributed by atoms with Crippen molar-refractivity contribution in [3.63, 3.8) is 0 Å². The maximum Gasteiger partial charge on any atom is 0.272 e. The summed E-state index contributed by atoms with van der Waals surface area (Å²) in [6.45, 7) is 7.03. The number of nitrogens with one attached hydrogen (secondary N) is 2. The number of amides is 1. The number of rotatable bonds is 8. The molecule has 10 heteroatoms. The molecular weight excluding hydrogens is 460 g/mol. The number of aromatic nitrogens is 2. The van der Waals surface area contributed by atoms with Crippen LogP contribution in [0.3, 0.4) is 0 Å². The number of aryl methyl sites for hydroxylation is 2. The van der Waals surface area contributed by atoms with Crippen LogP contribution in [0.5, 0.6) is 5.75 Å². The number of thiazole rings is 1. The second-order valence-corrected chi connectivity index (χ2v) is 9.83. The summed E-state index contributed by atoms with van der Waals surface area (Å²) in [5.74, 6) is 0.497. The van der Waals surface area contributed by atoms with Crippen molar-refractivity contribution in [2.24, 2.45) is 0 Å². The second kappa shape index (κ2) is 9.24. The standard InChI is InChI=1S/C23H24N4O4S2/c1-4-27-20-11-8-17(31-5-2)14-19(20)15(3)21(27)22(28)25-16-6-9-18(10-7-16)33(29,30)26-23-24-12-13-32-23/h6-14H,4-5H2,1-3H3,(H,24,26)(H,25,28). The van der Waals surface area contributed by atoms with Crippen LogP contribution in [0.15, 0.2) is 58.9 Å². The Labute approximate surface area is 196 Å². The molecule has 0 bridgehead atoms. The van der Waals surface area contributed by atoms with Gasteiger partial charge in [0.2, 0.25) is 0 Å². The van der Waals surface area contributed by atoms with Crippen molar-refractivity contribution in [1.82, 2.24) is 9.55 Å². The van der Waals surface area contributed by atoms with Crippen LogP contribution in [0, 0.1) is 6.92 Å². The third-order valence-electron chi connectivity index (χ3n) is 5.21. The predicted molar refractivity (Wildman–Crippen MR) is 131 cm³/mol. The van der Waals surface area contributed by atoms with Crippen molar-refractivity contribution in [2.45, 2.75) is 32.2 Å². The molecule has 0 aliphatic heterocycles. The van der Waals surface area contributed by atoms with E-state index in [0.29, 0.717) is 29.7 Å². The van der Waals surface area contributed by atoms with Gasteiger partial charge in [0, 0.05) is 34.7 Å². The lowest BCUT2D eigenvalue weighted by Gasteiger charge is -2.11. The minimum absolute atomic E-state index is 0.0815. The molecule has 0 aliphatic carbocycles. The molecule has 0 saturated carbocycles. The van der Waals surface area contributed by atoms with Gasteiger partial charge in [-0.05, 0) is 68.8 Å². The highest BCUT2D eigenvalue weighted by atomic mass is 32.2. The fourth-order valence-corrected chi connectivity index (χ4v) is 5.52. The lowest BCUT2D eigenvalue weighted by molar-refractivity contribution is 0.101. The van der Waals surface area contributed by atoms with Crippen LogP contribution in [-0.4, -0.2) is 30.5 Å². The van der Waals surface area contributed by atoms with Crippen LogP contribution >= 0.6 is 11.3 Å². The van der Waals surface area contributed by atoms with E-state index in [0.717, 1.165) is 22.2 Å². The fraction of sp³-hybridized carbons (Fsp3) is 0.217. The molecule has 4 aromatic rings. The van der Waals surface area contributed by atoms with Crippen molar-refractivity contribution in [1.29, 1.82) is 0 Å². The molecule has 0 radical (unpaired) electrons. The van der Waals surface area contributed by atoms with Gasteiger partial charge in [0.25, 0.3) is 15.9 Å². The summed E-state index contributed by atoms with van der Waals surface area (Å²) in [6, 6.07) is 11.8. The second-order valence-electron chi connectivity index (χ2n) is 7.25. The molecular formula is C23H24N4O4S2. The summed E-state index contributed by atoms with van der Waals surface area (Å²) in [5.41, 5.74) is 2.87. The molecule has 8 nitrogen and oxygen atoms in total. The highest BCUT2D eigenvalue weighted by Crippen LogP contribution is 2.30. The van der Waals surface area contributed by atoms with E-state index in [2.05, 4.69) is 15.0 Å². The van der Waals surface area contributed by atoms with Gasteiger partial charge in [-0.25, -0.2) is 13.4 Å². The van der Waals surface area contributed by atoms with E-state index in [4.69, 9.17) is 4.74 Å². The first kappa shape index (κ1) is 22.8. The Hall–Kier alpha value is -3.37. The minimum Gasteiger partial charge on any atom is -0.494 e. The Morgan fingerprint density at radius 3 is 2.55 bits per heavy atom. The normalized spacial score (nSPS) is 11.5. The van der Waals surface area contributed by atoms with Gasteiger partial charge in [-0.15, -0.1) is 11.3 Å². The van der Waals surface area contributed by atoms with E-state index in [1.807, 2.05) is 43.5 Å². The summed E-state index contributed by atoms with van der Waals surface area (Å²) in [7, 11) is -3.76. The zero-order valence-electron chi connectivity index (χ0n) is 18.5. The molecule has 0 unspecified atom stereocenters. The lowest BCUT2D eigenvalue weighted by atomic mass is 10.1. The van der Waals surface area contributed by atoms with Gasteiger partial charge in [-0.2, -0.15) is 0 Å². The van der Waals surface area contributed by atoms with Crippen molar-refractivity contribution in [3.8, 4) is 5.75 Å². The third-order valence-corrected chi connectivity index (χ3v) is 7.38. The van der Waals surface area contributed by atoms with Gasteiger partial charge < -0.3 is 14.6 Å². The van der Waals surface area contributed by atoms with E-state index in [-0.39, 0.29) is 10.8 Å².